The maximum atomic E-state index is 11.5. The van der Waals surface area contributed by atoms with E-state index in [1.807, 2.05) is 6.92 Å². The molecule has 0 spiro atoms. The molecule has 1 heterocycles. The van der Waals surface area contributed by atoms with Crippen LogP contribution in [0.2, 0.25) is 0 Å². The Bertz CT molecular complexity index is 276. The van der Waals surface area contributed by atoms with Gasteiger partial charge in [-0.05, 0) is 19.3 Å². The van der Waals surface area contributed by atoms with Crippen LogP contribution in [0, 0.1) is 0 Å². The molecule has 0 fully saturated rings. The first-order valence-electron chi connectivity index (χ1n) is 5.97. The van der Waals surface area contributed by atoms with Crippen LogP contribution in [0.25, 0.3) is 0 Å². The highest BCUT2D eigenvalue weighted by Gasteiger charge is 2.30. The summed E-state index contributed by atoms with van der Waals surface area (Å²) >= 11 is 0. The molecule has 0 amide bonds. The second-order valence-electron chi connectivity index (χ2n) is 4.27. The molecule has 0 aromatic heterocycles. The van der Waals surface area contributed by atoms with Crippen molar-refractivity contribution in [2.45, 2.75) is 57.0 Å². The third-order valence-electron chi connectivity index (χ3n) is 2.78. The van der Waals surface area contributed by atoms with Gasteiger partial charge >= 0.3 is 5.97 Å². The molecule has 4 atom stereocenters. The normalized spacial score (nSPS) is 37.3. The lowest BCUT2D eigenvalue weighted by molar-refractivity contribution is -0.169. The number of carbonyl (C=O) groups excluding carboxylic acids is 1. The number of rotatable bonds is 2. The van der Waals surface area contributed by atoms with Gasteiger partial charge in [0.15, 0.2) is 6.10 Å². The standard InChI is InChI=1S/C12H20O5/c1-2-5-10-11(15)8(13)6-3-4-7-9(14)12(16)17-10/h3,6,8-11,13-15H,2,4-5,7H2,1H3/b6-3-/t8-,9+,10+,11-/m0/s1. The summed E-state index contributed by atoms with van der Waals surface area (Å²) in [6.07, 6.45) is 0.857. The van der Waals surface area contributed by atoms with Gasteiger partial charge in [0.2, 0.25) is 0 Å². The van der Waals surface area contributed by atoms with Gasteiger partial charge in [-0.2, -0.15) is 0 Å². The van der Waals surface area contributed by atoms with Crippen molar-refractivity contribution < 1.29 is 24.9 Å². The van der Waals surface area contributed by atoms with E-state index in [9.17, 15) is 20.1 Å². The number of allylic oxidation sites excluding steroid dienone is 1. The molecule has 0 radical (unpaired) electrons. The Morgan fingerprint density at radius 3 is 2.76 bits per heavy atom. The van der Waals surface area contributed by atoms with Gasteiger partial charge in [-0.15, -0.1) is 0 Å². The summed E-state index contributed by atoms with van der Waals surface area (Å²) in [4.78, 5) is 11.5. The van der Waals surface area contributed by atoms with Crippen molar-refractivity contribution in [3.05, 3.63) is 12.2 Å². The van der Waals surface area contributed by atoms with Gasteiger partial charge in [-0.25, -0.2) is 4.79 Å². The number of carbonyl (C=O) groups is 1. The monoisotopic (exact) mass is 244 g/mol. The zero-order valence-electron chi connectivity index (χ0n) is 9.95. The predicted octanol–water partition coefficient (Wildman–Crippen LogP) is 0.131. The molecule has 0 bridgehead atoms. The van der Waals surface area contributed by atoms with E-state index < -0.39 is 30.4 Å². The maximum absolute atomic E-state index is 11.5. The van der Waals surface area contributed by atoms with Crippen LogP contribution >= 0.6 is 0 Å². The molecule has 0 aromatic rings. The number of aliphatic hydroxyl groups is 3. The fraction of sp³-hybridized carbons (Fsp3) is 0.750. The van der Waals surface area contributed by atoms with Crippen LogP contribution in [-0.2, 0) is 9.53 Å². The van der Waals surface area contributed by atoms with E-state index in [1.54, 1.807) is 6.08 Å². The Morgan fingerprint density at radius 1 is 1.41 bits per heavy atom. The van der Waals surface area contributed by atoms with Gasteiger partial charge in [-0.1, -0.05) is 25.5 Å². The van der Waals surface area contributed by atoms with Crippen LogP contribution in [0.1, 0.15) is 32.6 Å². The van der Waals surface area contributed by atoms with Crippen LogP contribution in [0.15, 0.2) is 12.2 Å². The average Bonchev–Trinajstić information content (AvgIpc) is 2.31. The molecule has 17 heavy (non-hydrogen) atoms. The molecular weight excluding hydrogens is 224 g/mol. The fourth-order valence-corrected chi connectivity index (χ4v) is 1.75. The lowest BCUT2D eigenvalue weighted by atomic mass is 10.0. The van der Waals surface area contributed by atoms with Crippen molar-refractivity contribution >= 4 is 5.97 Å². The topological polar surface area (TPSA) is 87.0 Å². The molecule has 0 saturated heterocycles. The summed E-state index contributed by atoms with van der Waals surface area (Å²) in [6, 6.07) is 0. The summed E-state index contributed by atoms with van der Waals surface area (Å²) in [5.74, 6) is -0.731. The molecule has 1 aliphatic rings. The maximum Gasteiger partial charge on any atom is 0.335 e. The second kappa shape index (κ2) is 6.74. The first kappa shape index (κ1) is 14.2. The second-order valence-corrected chi connectivity index (χ2v) is 4.27. The average molecular weight is 244 g/mol. The van der Waals surface area contributed by atoms with Crippen molar-refractivity contribution in [1.29, 1.82) is 0 Å². The van der Waals surface area contributed by atoms with Gasteiger partial charge in [0.05, 0.1) is 0 Å². The third-order valence-corrected chi connectivity index (χ3v) is 2.78. The number of esters is 1. The Balaban J connectivity index is 2.80. The van der Waals surface area contributed by atoms with Gasteiger partial charge in [0, 0.05) is 0 Å². The molecule has 98 valence electrons. The van der Waals surface area contributed by atoms with Crippen LogP contribution in [0.5, 0.6) is 0 Å². The minimum absolute atomic E-state index is 0.261. The minimum atomic E-state index is -1.17. The molecule has 0 saturated carbocycles. The Hall–Kier alpha value is -0.910. The molecule has 1 rings (SSSR count). The van der Waals surface area contributed by atoms with Gasteiger partial charge in [-0.3, -0.25) is 0 Å². The van der Waals surface area contributed by atoms with E-state index in [0.29, 0.717) is 19.3 Å². The van der Waals surface area contributed by atoms with E-state index in [4.69, 9.17) is 4.74 Å². The Labute approximate surface area is 101 Å². The number of hydrogen-bond acceptors (Lipinski definition) is 5. The van der Waals surface area contributed by atoms with E-state index in [-0.39, 0.29) is 6.42 Å². The molecule has 5 heteroatoms. The van der Waals surface area contributed by atoms with E-state index in [1.165, 1.54) is 6.08 Å². The van der Waals surface area contributed by atoms with Crippen molar-refractivity contribution in [2.24, 2.45) is 0 Å². The summed E-state index contributed by atoms with van der Waals surface area (Å²) < 4.78 is 5.03. The van der Waals surface area contributed by atoms with Crippen molar-refractivity contribution in [1.82, 2.24) is 0 Å². The Kier molecular flexibility index (Phi) is 5.61. The molecule has 0 aliphatic carbocycles. The quantitative estimate of drug-likeness (QED) is 0.475. The largest absolute Gasteiger partial charge is 0.458 e. The van der Waals surface area contributed by atoms with Crippen molar-refractivity contribution in [2.75, 3.05) is 0 Å². The van der Waals surface area contributed by atoms with Gasteiger partial charge < -0.3 is 20.1 Å². The van der Waals surface area contributed by atoms with Crippen LogP contribution < -0.4 is 0 Å². The van der Waals surface area contributed by atoms with Crippen LogP contribution in [0.3, 0.4) is 0 Å². The van der Waals surface area contributed by atoms with Crippen molar-refractivity contribution in [3.8, 4) is 0 Å². The van der Waals surface area contributed by atoms with Gasteiger partial charge in [0.25, 0.3) is 0 Å². The smallest absolute Gasteiger partial charge is 0.335 e. The zero-order valence-corrected chi connectivity index (χ0v) is 9.95. The lowest BCUT2D eigenvalue weighted by Crippen LogP contribution is -2.41. The Morgan fingerprint density at radius 2 is 2.12 bits per heavy atom. The van der Waals surface area contributed by atoms with E-state index in [0.717, 1.165) is 0 Å². The summed E-state index contributed by atoms with van der Waals surface area (Å²) in [6.45, 7) is 1.89. The highest BCUT2D eigenvalue weighted by molar-refractivity contribution is 5.74. The number of cyclic esters (lactones) is 1. The fourth-order valence-electron chi connectivity index (χ4n) is 1.75. The first-order chi connectivity index (χ1) is 8.06. The molecule has 5 nitrogen and oxygen atoms in total. The van der Waals surface area contributed by atoms with E-state index in [2.05, 4.69) is 0 Å². The number of ether oxygens (including phenoxy) is 1. The highest BCUT2D eigenvalue weighted by atomic mass is 16.6. The van der Waals surface area contributed by atoms with Crippen molar-refractivity contribution in [3.63, 3.8) is 0 Å². The summed E-state index contributed by atoms with van der Waals surface area (Å²) in [5, 5.41) is 29.0. The van der Waals surface area contributed by atoms with E-state index >= 15 is 0 Å². The molecule has 0 aromatic carbocycles. The zero-order chi connectivity index (χ0) is 12.8. The van der Waals surface area contributed by atoms with Crippen LogP contribution in [0.4, 0.5) is 0 Å². The van der Waals surface area contributed by atoms with Gasteiger partial charge in [0.1, 0.15) is 18.3 Å². The molecular formula is C12H20O5. The highest BCUT2D eigenvalue weighted by Crippen LogP contribution is 2.16. The third kappa shape index (κ3) is 4.11. The summed E-state index contributed by atoms with van der Waals surface area (Å²) in [5.41, 5.74) is 0. The molecule has 0 unspecified atom stereocenters. The van der Waals surface area contributed by atoms with Crippen LogP contribution in [-0.4, -0.2) is 45.7 Å². The lowest BCUT2D eigenvalue weighted by Gasteiger charge is -2.27. The number of hydrogen-bond donors (Lipinski definition) is 3. The minimum Gasteiger partial charge on any atom is -0.458 e. The molecule has 3 N–H and O–H groups in total. The summed E-state index contributed by atoms with van der Waals surface area (Å²) in [7, 11) is 0. The molecule has 1 aliphatic heterocycles. The predicted molar refractivity (Wildman–Crippen MR) is 61.2 cm³/mol. The first-order valence-corrected chi connectivity index (χ1v) is 5.97. The number of aliphatic hydroxyl groups excluding tert-OH is 3. The SMILES string of the molecule is CCC[C@H]1OC(=O)[C@H](O)CC/C=C\[C@H](O)[C@@H]1O.